The van der Waals surface area contributed by atoms with Crippen LogP contribution in [0, 0.1) is 5.82 Å². The predicted molar refractivity (Wildman–Crippen MR) is 180 cm³/mol. The van der Waals surface area contributed by atoms with Gasteiger partial charge in [-0.25, -0.2) is 9.37 Å². The van der Waals surface area contributed by atoms with E-state index in [-0.39, 0.29) is 42.1 Å². The molecule has 4 N–H and O–H groups in total. The van der Waals surface area contributed by atoms with Crippen molar-refractivity contribution in [2.45, 2.75) is 70.0 Å². The number of carbonyl (C=O) groups excluding carboxylic acids is 2. The van der Waals surface area contributed by atoms with Crippen LogP contribution in [0.4, 0.5) is 4.39 Å². The summed E-state index contributed by atoms with van der Waals surface area (Å²) >= 11 is 1.60. The van der Waals surface area contributed by atoms with E-state index >= 15 is 0 Å². The lowest BCUT2D eigenvalue weighted by Crippen LogP contribution is -2.46. The lowest BCUT2D eigenvalue weighted by atomic mass is 9.90. The van der Waals surface area contributed by atoms with Crippen molar-refractivity contribution in [2.24, 2.45) is 4.99 Å². The highest BCUT2D eigenvalue weighted by Crippen LogP contribution is 2.29. The summed E-state index contributed by atoms with van der Waals surface area (Å²) in [5.41, 5.74) is 3.25. The van der Waals surface area contributed by atoms with Gasteiger partial charge in [0.25, 0.3) is 5.91 Å². The SMILES string of the molecule is CC1=NC(C(=O)N[C@H]2CC[C@@H](NC(=O)c3cc(F)cnc3Oc3cccc(-c4ccc(CCCNCCCO)cc4)c3)CC2)CS1. The largest absolute Gasteiger partial charge is 0.438 e. The van der Waals surface area contributed by atoms with E-state index in [4.69, 9.17) is 9.84 Å². The van der Waals surface area contributed by atoms with Crippen LogP contribution >= 0.6 is 11.8 Å². The smallest absolute Gasteiger partial charge is 0.257 e. The number of thioether (sulfide) groups is 1. The monoisotopic (exact) mass is 647 g/mol. The van der Waals surface area contributed by atoms with Gasteiger partial charge in [-0.05, 0) is 99.8 Å². The summed E-state index contributed by atoms with van der Waals surface area (Å²) < 4.78 is 20.3. The van der Waals surface area contributed by atoms with E-state index in [2.05, 4.69) is 50.2 Å². The van der Waals surface area contributed by atoms with Gasteiger partial charge in [-0.3, -0.25) is 14.6 Å². The topological polar surface area (TPSA) is 125 Å². The third-order valence-electron chi connectivity index (χ3n) is 8.23. The Morgan fingerprint density at radius 2 is 1.72 bits per heavy atom. The number of hydrogen-bond acceptors (Lipinski definition) is 8. The first-order valence-electron chi connectivity index (χ1n) is 16.0. The maximum absolute atomic E-state index is 14.3. The average Bonchev–Trinajstić information content (AvgIpc) is 3.51. The highest BCUT2D eigenvalue weighted by atomic mass is 32.2. The summed E-state index contributed by atoms with van der Waals surface area (Å²) in [6.45, 7) is 3.86. The molecule has 1 aliphatic carbocycles. The van der Waals surface area contributed by atoms with Crippen molar-refractivity contribution in [2.75, 3.05) is 25.4 Å². The van der Waals surface area contributed by atoms with Gasteiger partial charge in [0.05, 0.1) is 11.2 Å². The Kier molecular flexibility index (Phi) is 12.2. The van der Waals surface area contributed by atoms with Gasteiger partial charge in [0.15, 0.2) is 0 Å². The number of pyridine rings is 1. The number of ether oxygens (including phenoxy) is 1. The molecule has 1 atom stereocenters. The first kappa shape index (κ1) is 33.6. The zero-order valence-corrected chi connectivity index (χ0v) is 27.0. The van der Waals surface area contributed by atoms with E-state index in [1.54, 1.807) is 17.8 Å². The van der Waals surface area contributed by atoms with Crippen molar-refractivity contribution in [1.29, 1.82) is 0 Å². The first-order chi connectivity index (χ1) is 22.4. The third kappa shape index (κ3) is 9.60. The van der Waals surface area contributed by atoms with Crippen molar-refractivity contribution in [3.8, 4) is 22.8 Å². The van der Waals surface area contributed by atoms with Crippen molar-refractivity contribution in [3.63, 3.8) is 0 Å². The summed E-state index contributed by atoms with van der Waals surface area (Å²) in [5, 5.41) is 19.3. The number of carbonyl (C=O) groups is 2. The Bertz CT molecular complexity index is 1510. The maximum atomic E-state index is 14.3. The van der Waals surface area contributed by atoms with E-state index in [0.29, 0.717) is 24.3 Å². The zero-order chi connectivity index (χ0) is 32.3. The van der Waals surface area contributed by atoms with Crippen LogP contribution in [0.1, 0.15) is 61.4 Å². The molecule has 0 bridgehead atoms. The Morgan fingerprint density at radius 3 is 2.43 bits per heavy atom. The molecule has 1 unspecified atom stereocenters. The molecular formula is C35H42FN5O4S. The molecule has 3 aromatic rings. The minimum atomic E-state index is -0.623. The van der Waals surface area contributed by atoms with Gasteiger partial charge in [-0.15, -0.1) is 11.8 Å². The van der Waals surface area contributed by atoms with Crippen LogP contribution in [0.5, 0.6) is 11.6 Å². The highest BCUT2D eigenvalue weighted by molar-refractivity contribution is 8.14. The molecule has 244 valence electrons. The number of amides is 2. The molecule has 1 aromatic heterocycles. The number of halogens is 1. The summed E-state index contributed by atoms with van der Waals surface area (Å²) in [6, 6.07) is 16.7. The average molecular weight is 648 g/mol. The van der Waals surface area contributed by atoms with Crippen LogP contribution in [0.15, 0.2) is 65.8 Å². The summed E-state index contributed by atoms with van der Waals surface area (Å²) in [6.07, 6.45) is 6.65. The number of aromatic nitrogens is 1. The fraction of sp³-hybridized carbons (Fsp3) is 0.429. The molecule has 1 saturated carbocycles. The Hall–Kier alpha value is -3.80. The van der Waals surface area contributed by atoms with Crippen molar-refractivity contribution in [3.05, 3.63) is 77.7 Å². The van der Waals surface area contributed by atoms with Gasteiger partial charge >= 0.3 is 0 Å². The van der Waals surface area contributed by atoms with Crippen LogP contribution in [-0.4, -0.2) is 70.5 Å². The fourth-order valence-electron chi connectivity index (χ4n) is 5.70. The third-order valence-corrected chi connectivity index (χ3v) is 9.23. The van der Waals surface area contributed by atoms with Crippen molar-refractivity contribution < 1.29 is 23.8 Å². The number of hydrogen-bond donors (Lipinski definition) is 4. The summed E-state index contributed by atoms with van der Waals surface area (Å²) in [5.74, 6) is 0.0870. The second-order valence-electron chi connectivity index (χ2n) is 11.8. The minimum absolute atomic E-state index is 0.0306. The molecule has 2 heterocycles. The van der Waals surface area contributed by atoms with E-state index in [1.165, 1.54) is 5.56 Å². The van der Waals surface area contributed by atoms with Gasteiger partial charge in [0.1, 0.15) is 23.2 Å². The number of aliphatic hydroxyl groups is 1. The summed E-state index contributed by atoms with van der Waals surface area (Å²) in [4.78, 5) is 34.3. The van der Waals surface area contributed by atoms with Crippen LogP contribution < -0.4 is 20.7 Å². The van der Waals surface area contributed by atoms with Crippen molar-refractivity contribution >= 4 is 28.6 Å². The molecule has 9 nitrogen and oxygen atoms in total. The van der Waals surface area contributed by atoms with Crippen LogP contribution in [0.2, 0.25) is 0 Å². The lowest BCUT2D eigenvalue weighted by Gasteiger charge is -2.30. The van der Waals surface area contributed by atoms with Crippen molar-refractivity contribution in [1.82, 2.24) is 20.9 Å². The molecule has 5 rings (SSSR count). The Balaban J connectivity index is 1.15. The number of aryl methyl sites for hydroxylation is 1. The molecule has 0 radical (unpaired) electrons. The second kappa shape index (κ2) is 16.7. The molecule has 2 aromatic carbocycles. The van der Waals surface area contributed by atoms with E-state index in [9.17, 15) is 14.0 Å². The minimum Gasteiger partial charge on any atom is -0.438 e. The Morgan fingerprint density at radius 1 is 0.978 bits per heavy atom. The molecule has 2 amide bonds. The number of benzene rings is 2. The van der Waals surface area contributed by atoms with Crippen LogP contribution in [0.25, 0.3) is 11.1 Å². The quantitative estimate of drug-likeness (QED) is 0.176. The van der Waals surface area contributed by atoms with Crippen LogP contribution in [0.3, 0.4) is 0 Å². The predicted octanol–water partition coefficient (Wildman–Crippen LogP) is 5.28. The second-order valence-corrected chi connectivity index (χ2v) is 13.0. The molecule has 2 aliphatic rings. The molecule has 0 saturated heterocycles. The molecule has 46 heavy (non-hydrogen) atoms. The van der Waals surface area contributed by atoms with Gasteiger partial charge in [-0.2, -0.15) is 0 Å². The normalized spacial score (nSPS) is 19.4. The maximum Gasteiger partial charge on any atom is 0.257 e. The van der Waals surface area contributed by atoms with Gasteiger partial charge < -0.3 is 25.8 Å². The first-order valence-corrected chi connectivity index (χ1v) is 17.0. The van der Waals surface area contributed by atoms with Gasteiger partial charge in [0, 0.05) is 24.4 Å². The fourth-order valence-corrected chi connectivity index (χ4v) is 6.53. The molecular weight excluding hydrogens is 605 g/mol. The highest BCUT2D eigenvalue weighted by Gasteiger charge is 2.29. The van der Waals surface area contributed by atoms with Gasteiger partial charge in [0.2, 0.25) is 11.8 Å². The van der Waals surface area contributed by atoms with Crippen LogP contribution in [-0.2, 0) is 11.2 Å². The Labute approximate surface area is 273 Å². The number of aliphatic hydroxyl groups excluding tert-OH is 1. The molecule has 0 spiro atoms. The van der Waals surface area contributed by atoms with E-state index in [1.807, 2.05) is 25.1 Å². The number of nitrogens with one attached hydrogen (secondary N) is 3. The lowest BCUT2D eigenvalue weighted by molar-refractivity contribution is -0.122. The molecule has 11 heteroatoms. The number of rotatable bonds is 14. The van der Waals surface area contributed by atoms with E-state index < -0.39 is 11.7 Å². The van der Waals surface area contributed by atoms with Gasteiger partial charge in [-0.1, -0.05) is 36.4 Å². The standard InChI is InChI=1S/C35H42FN5O4S/c1-23-39-32(22-46-23)34(44)41-29-14-12-28(13-15-29)40-33(43)31-20-27(36)21-38-35(31)45-30-7-2-6-26(19-30)25-10-8-24(9-11-25)5-3-16-37-17-4-18-42/h2,6-11,19-21,28-29,32,37,42H,3-5,12-18,22H2,1H3,(H,40,43)(H,41,44)/t28-,29+,32?. The number of aliphatic imine (C=N–C) groups is 1. The zero-order valence-electron chi connectivity index (χ0n) is 26.1. The molecule has 1 aliphatic heterocycles. The summed E-state index contributed by atoms with van der Waals surface area (Å²) in [7, 11) is 0. The number of nitrogens with zero attached hydrogens (tertiary/aromatic N) is 2. The molecule has 1 fully saturated rings. The van der Waals surface area contributed by atoms with E-state index in [0.717, 1.165) is 73.6 Å².